The second-order valence-corrected chi connectivity index (χ2v) is 2.57. The highest BCUT2D eigenvalue weighted by Crippen LogP contribution is 2.00. The van der Waals surface area contributed by atoms with Crippen molar-refractivity contribution in [2.24, 2.45) is 0 Å². The third kappa shape index (κ3) is 4.79. The molecule has 0 aromatic heterocycles. The Morgan fingerprint density at radius 1 is 1.36 bits per heavy atom. The number of hydrogen-bond acceptors (Lipinski definition) is 2. The van der Waals surface area contributed by atoms with E-state index in [9.17, 15) is 4.79 Å². The van der Waals surface area contributed by atoms with Gasteiger partial charge < -0.3 is 0 Å². The van der Waals surface area contributed by atoms with Crippen LogP contribution < -0.4 is 0 Å². The van der Waals surface area contributed by atoms with Crippen LogP contribution in [0.15, 0.2) is 0 Å². The Labute approximate surface area is 68.0 Å². The van der Waals surface area contributed by atoms with Crippen LogP contribution in [0.3, 0.4) is 0 Å². The summed E-state index contributed by atoms with van der Waals surface area (Å²) >= 11 is 0. The third-order valence-corrected chi connectivity index (χ3v) is 1.58. The molecular formula is C8H17NO2. The SMILES string of the molecule is CCCCCC(=O)N(O)CC. The average molecular weight is 159 g/mol. The largest absolute Gasteiger partial charge is 0.286 e. The molecule has 0 aromatic carbocycles. The van der Waals surface area contributed by atoms with Crippen molar-refractivity contribution in [3.63, 3.8) is 0 Å². The Balaban J connectivity index is 3.36. The molecule has 3 nitrogen and oxygen atoms in total. The molecule has 66 valence electrons. The van der Waals surface area contributed by atoms with Gasteiger partial charge in [-0.3, -0.25) is 10.0 Å². The molecule has 3 heteroatoms. The van der Waals surface area contributed by atoms with Crippen molar-refractivity contribution in [1.29, 1.82) is 0 Å². The van der Waals surface area contributed by atoms with E-state index in [4.69, 9.17) is 5.21 Å². The fourth-order valence-corrected chi connectivity index (χ4v) is 0.832. The molecular weight excluding hydrogens is 142 g/mol. The van der Waals surface area contributed by atoms with E-state index in [2.05, 4.69) is 6.92 Å². The lowest BCUT2D eigenvalue weighted by molar-refractivity contribution is -0.164. The first-order valence-electron chi connectivity index (χ1n) is 4.21. The van der Waals surface area contributed by atoms with Crippen LogP contribution in [-0.2, 0) is 4.79 Å². The van der Waals surface area contributed by atoms with Crippen molar-refractivity contribution in [1.82, 2.24) is 5.06 Å². The lowest BCUT2D eigenvalue weighted by atomic mass is 10.2. The normalized spacial score (nSPS) is 9.73. The van der Waals surface area contributed by atoms with Crippen molar-refractivity contribution in [3.8, 4) is 0 Å². The lowest BCUT2D eigenvalue weighted by Gasteiger charge is -2.11. The van der Waals surface area contributed by atoms with E-state index in [0.29, 0.717) is 13.0 Å². The van der Waals surface area contributed by atoms with E-state index in [1.807, 2.05) is 0 Å². The van der Waals surface area contributed by atoms with E-state index in [1.54, 1.807) is 6.92 Å². The molecule has 0 fully saturated rings. The van der Waals surface area contributed by atoms with Crippen molar-refractivity contribution >= 4 is 5.91 Å². The molecule has 0 aliphatic heterocycles. The molecule has 1 N–H and O–H groups in total. The van der Waals surface area contributed by atoms with Gasteiger partial charge in [-0.25, -0.2) is 5.06 Å². The number of amides is 1. The summed E-state index contributed by atoms with van der Waals surface area (Å²) in [5.41, 5.74) is 0. The first-order chi connectivity index (χ1) is 5.22. The van der Waals surface area contributed by atoms with Crippen LogP contribution in [0.5, 0.6) is 0 Å². The van der Waals surface area contributed by atoms with Gasteiger partial charge in [0.15, 0.2) is 0 Å². The quantitative estimate of drug-likeness (QED) is 0.377. The molecule has 0 radical (unpaired) electrons. The summed E-state index contributed by atoms with van der Waals surface area (Å²) in [5.74, 6) is -0.166. The Morgan fingerprint density at radius 2 is 2.00 bits per heavy atom. The minimum atomic E-state index is -0.166. The Hall–Kier alpha value is -0.570. The van der Waals surface area contributed by atoms with Gasteiger partial charge in [0.2, 0.25) is 5.91 Å². The summed E-state index contributed by atoms with van der Waals surface area (Å²) in [6, 6.07) is 0. The van der Waals surface area contributed by atoms with Crippen LogP contribution in [0.1, 0.15) is 39.5 Å². The fraction of sp³-hybridized carbons (Fsp3) is 0.875. The van der Waals surface area contributed by atoms with Gasteiger partial charge in [-0.05, 0) is 13.3 Å². The van der Waals surface area contributed by atoms with E-state index >= 15 is 0 Å². The van der Waals surface area contributed by atoms with Crippen LogP contribution in [0.2, 0.25) is 0 Å². The molecule has 0 bridgehead atoms. The van der Waals surface area contributed by atoms with E-state index in [-0.39, 0.29) is 5.91 Å². The molecule has 0 aliphatic rings. The maximum absolute atomic E-state index is 10.9. The third-order valence-electron chi connectivity index (χ3n) is 1.58. The van der Waals surface area contributed by atoms with Crippen LogP contribution >= 0.6 is 0 Å². The highest BCUT2D eigenvalue weighted by Gasteiger charge is 2.06. The van der Waals surface area contributed by atoms with Gasteiger partial charge in [0.25, 0.3) is 0 Å². The minimum Gasteiger partial charge on any atom is -0.286 e. The van der Waals surface area contributed by atoms with Gasteiger partial charge in [0.1, 0.15) is 0 Å². The summed E-state index contributed by atoms with van der Waals surface area (Å²) in [5, 5.41) is 9.68. The van der Waals surface area contributed by atoms with Crippen LogP contribution in [0, 0.1) is 0 Å². The predicted octanol–water partition coefficient (Wildman–Crippen LogP) is 1.80. The number of carbonyl (C=O) groups is 1. The molecule has 0 heterocycles. The standard InChI is InChI=1S/C8H17NO2/c1-3-5-6-7-8(10)9(11)4-2/h11H,3-7H2,1-2H3. The Morgan fingerprint density at radius 3 is 2.45 bits per heavy atom. The van der Waals surface area contributed by atoms with E-state index in [0.717, 1.165) is 24.3 Å². The van der Waals surface area contributed by atoms with Crippen LogP contribution in [0.4, 0.5) is 0 Å². The molecule has 1 amide bonds. The number of carbonyl (C=O) groups excluding carboxylic acids is 1. The molecule has 0 saturated carbocycles. The highest BCUT2D eigenvalue weighted by molar-refractivity contribution is 5.74. The molecule has 0 atom stereocenters. The maximum atomic E-state index is 10.9. The maximum Gasteiger partial charge on any atom is 0.245 e. The average Bonchev–Trinajstić information content (AvgIpc) is 2.03. The van der Waals surface area contributed by atoms with Gasteiger partial charge in [0, 0.05) is 13.0 Å². The summed E-state index contributed by atoms with van der Waals surface area (Å²) in [7, 11) is 0. The summed E-state index contributed by atoms with van der Waals surface area (Å²) in [6.45, 7) is 4.21. The molecule has 0 aromatic rings. The zero-order valence-electron chi connectivity index (χ0n) is 7.34. The molecule has 0 spiro atoms. The second-order valence-electron chi connectivity index (χ2n) is 2.57. The second kappa shape index (κ2) is 6.16. The lowest BCUT2D eigenvalue weighted by Crippen LogP contribution is -2.26. The highest BCUT2D eigenvalue weighted by atomic mass is 16.5. The first-order valence-corrected chi connectivity index (χ1v) is 4.21. The van der Waals surface area contributed by atoms with Gasteiger partial charge in [-0.1, -0.05) is 19.8 Å². The number of hydrogen-bond donors (Lipinski definition) is 1. The summed E-state index contributed by atoms with van der Waals surface area (Å²) in [6.07, 6.45) is 3.51. The van der Waals surface area contributed by atoms with Gasteiger partial charge in [0.05, 0.1) is 0 Å². The number of nitrogens with zero attached hydrogens (tertiary/aromatic N) is 1. The van der Waals surface area contributed by atoms with Gasteiger partial charge in [-0.2, -0.15) is 0 Å². The van der Waals surface area contributed by atoms with Crippen molar-refractivity contribution in [3.05, 3.63) is 0 Å². The molecule has 0 aliphatic carbocycles. The van der Waals surface area contributed by atoms with Gasteiger partial charge in [-0.15, -0.1) is 0 Å². The van der Waals surface area contributed by atoms with Crippen molar-refractivity contribution in [2.45, 2.75) is 39.5 Å². The monoisotopic (exact) mass is 159 g/mol. The summed E-state index contributed by atoms with van der Waals surface area (Å²) in [4.78, 5) is 10.9. The minimum absolute atomic E-state index is 0.166. The Bertz CT molecular complexity index is 115. The molecule has 11 heavy (non-hydrogen) atoms. The van der Waals surface area contributed by atoms with Gasteiger partial charge >= 0.3 is 0 Å². The van der Waals surface area contributed by atoms with Crippen LogP contribution in [0.25, 0.3) is 0 Å². The van der Waals surface area contributed by atoms with Crippen molar-refractivity contribution in [2.75, 3.05) is 6.54 Å². The first kappa shape index (κ1) is 10.4. The molecule has 0 saturated heterocycles. The number of unbranched alkanes of at least 4 members (excludes halogenated alkanes) is 2. The summed E-state index contributed by atoms with van der Waals surface area (Å²) < 4.78 is 0. The zero-order valence-corrected chi connectivity index (χ0v) is 7.34. The van der Waals surface area contributed by atoms with Crippen LogP contribution in [-0.4, -0.2) is 22.7 Å². The Kier molecular flexibility index (Phi) is 5.84. The zero-order chi connectivity index (χ0) is 8.69. The van der Waals surface area contributed by atoms with Crippen molar-refractivity contribution < 1.29 is 10.0 Å². The topological polar surface area (TPSA) is 40.5 Å². The van der Waals surface area contributed by atoms with E-state index < -0.39 is 0 Å². The number of rotatable bonds is 5. The fourth-order valence-electron chi connectivity index (χ4n) is 0.832. The smallest absolute Gasteiger partial charge is 0.245 e. The molecule has 0 unspecified atom stereocenters. The molecule has 0 rings (SSSR count). The number of hydroxylamine groups is 2. The van der Waals surface area contributed by atoms with E-state index in [1.165, 1.54) is 0 Å². The predicted molar refractivity (Wildman–Crippen MR) is 43.3 cm³/mol.